The predicted molar refractivity (Wildman–Crippen MR) is 88.0 cm³/mol. The standard InChI is InChI=1S/C15H22N6/c1-10(2)15-18-13(9-14(19-15)20-16)17-11-6-5-7-12(8-11)21(3)4/h5-10H,16H2,1-4H3,(H2,17,18,19,20). The molecule has 1 heterocycles. The average Bonchev–Trinajstić information content (AvgIpc) is 2.47. The lowest BCUT2D eigenvalue weighted by Gasteiger charge is -2.15. The summed E-state index contributed by atoms with van der Waals surface area (Å²) in [5.74, 6) is 7.76. The molecule has 0 amide bonds. The third kappa shape index (κ3) is 3.82. The minimum atomic E-state index is 0.229. The van der Waals surface area contributed by atoms with Gasteiger partial charge in [0.2, 0.25) is 0 Å². The number of hydrogen-bond donors (Lipinski definition) is 3. The van der Waals surface area contributed by atoms with Crippen molar-refractivity contribution in [2.75, 3.05) is 29.7 Å². The number of aromatic nitrogens is 2. The van der Waals surface area contributed by atoms with E-state index in [1.54, 1.807) is 6.07 Å². The van der Waals surface area contributed by atoms with Crippen molar-refractivity contribution < 1.29 is 0 Å². The maximum atomic E-state index is 5.47. The van der Waals surface area contributed by atoms with Crippen LogP contribution in [0, 0.1) is 0 Å². The minimum Gasteiger partial charge on any atom is -0.378 e. The van der Waals surface area contributed by atoms with Crippen LogP contribution >= 0.6 is 0 Å². The fourth-order valence-electron chi connectivity index (χ4n) is 1.87. The molecule has 0 spiro atoms. The summed E-state index contributed by atoms with van der Waals surface area (Å²) in [6, 6.07) is 9.91. The zero-order valence-electron chi connectivity index (χ0n) is 12.9. The number of nitrogen functional groups attached to an aromatic ring is 1. The van der Waals surface area contributed by atoms with E-state index in [2.05, 4.69) is 37.7 Å². The number of nitrogens with one attached hydrogen (secondary N) is 2. The van der Waals surface area contributed by atoms with Crippen LogP contribution in [0.25, 0.3) is 0 Å². The number of hydrazine groups is 1. The molecule has 0 aliphatic heterocycles. The van der Waals surface area contributed by atoms with Crippen LogP contribution in [-0.2, 0) is 0 Å². The van der Waals surface area contributed by atoms with E-state index in [1.807, 2.05) is 40.1 Å². The highest BCUT2D eigenvalue weighted by Crippen LogP contribution is 2.23. The molecule has 0 atom stereocenters. The van der Waals surface area contributed by atoms with Gasteiger partial charge in [-0.25, -0.2) is 15.8 Å². The van der Waals surface area contributed by atoms with E-state index < -0.39 is 0 Å². The molecule has 6 nitrogen and oxygen atoms in total. The summed E-state index contributed by atoms with van der Waals surface area (Å²) < 4.78 is 0. The van der Waals surface area contributed by atoms with Gasteiger partial charge in [0.25, 0.3) is 0 Å². The smallest absolute Gasteiger partial charge is 0.145 e. The Hall–Kier alpha value is -2.34. The van der Waals surface area contributed by atoms with Crippen molar-refractivity contribution >= 4 is 23.0 Å². The van der Waals surface area contributed by atoms with E-state index in [0.717, 1.165) is 23.0 Å². The summed E-state index contributed by atoms with van der Waals surface area (Å²) in [7, 11) is 4.02. The first-order chi connectivity index (χ1) is 9.99. The Bertz CT molecular complexity index is 609. The lowest BCUT2D eigenvalue weighted by Crippen LogP contribution is -2.12. The maximum Gasteiger partial charge on any atom is 0.145 e. The predicted octanol–water partition coefficient (Wildman–Crippen LogP) is 2.70. The molecule has 0 bridgehead atoms. The molecule has 2 rings (SSSR count). The number of hydrogen-bond acceptors (Lipinski definition) is 6. The second kappa shape index (κ2) is 6.41. The fraction of sp³-hybridized carbons (Fsp3) is 0.333. The minimum absolute atomic E-state index is 0.229. The van der Waals surface area contributed by atoms with E-state index in [9.17, 15) is 0 Å². The first-order valence-electron chi connectivity index (χ1n) is 6.89. The molecule has 2 aromatic rings. The second-order valence-electron chi connectivity index (χ2n) is 5.37. The van der Waals surface area contributed by atoms with Crippen molar-refractivity contribution in [2.45, 2.75) is 19.8 Å². The molecular weight excluding hydrogens is 264 g/mol. The van der Waals surface area contributed by atoms with E-state index in [4.69, 9.17) is 5.84 Å². The van der Waals surface area contributed by atoms with Gasteiger partial charge in [-0.05, 0) is 18.2 Å². The van der Waals surface area contributed by atoms with Gasteiger partial charge in [0.05, 0.1) is 0 Å². The highest BCUT2D eigenvalue weighted by molar-refractivity contribution is 5.64. The quantitative estimate of drug-likeness (QED) is 0.579. The van der Waals surface area contributed by atoms with E-state index in [0.29, 0.717) is 5.82 Å². The Morgan fingerprint density at radius 1 is 1.10 bits per heavy atom. The zero-order chi connectivity index (χ0) is 15.4. The number of rotatable bonds is 5. The highest BCUT2D eigenvalue weighted by Gasteiger charge is 2.08. The molecule has 1 aromatic heterocycles. The monoisotopic (exact) mass is 286 g/mol. The SMILES string of the molecule is CC(C)c1nc(NN)cc(Nc2cccc(N(C)C)c2)n1. The van der Waals surface area contributed by atoms with Crippen molar-refractivity contribution in [3.8, 4) is 0 Å². The summed E-state index contributed by atoms with van der Waals surface area (Å²) in [6.07, 6.45) is 0. The van der Waals surface area contributed by atoms with Crippen LogP contribution in [0.3, 0.4) is 0 Å². The molecule has 1 aromatic carbocycles. The topological polar surface area (TPSA) is 79.1 Å². The molecule has 4 N–H and O–H groups in total. The molecule has 0 saturated carbocycles. The van der Waals surface area contributed by atoms with Gasteiger partial charge in [-0.1, -0.05) is 19.9 Å². The number of nitrogens with two attached hydrogens (primary N) is 1. The van der Waals surface area contributed by atoms with Gasteiger partial charge in [0.1, 0.15) is 17.5 Å². The Balaban J connectivity index is 2.30. The summed E-state index contributed by atoms with van der Waals surface area (Å²) in [4.78, 5) is 10.9. The van der Waals surface area contributed by atoms with Gasteiger partial charge in [-0.2, -0.15) is 0 Å². The van der Waals surface area contributed by atoms with Gasteiger partial charge in [-0.3, -0.25) is 0 Å². The molecular formula is C15H22N6. The molecule has 112 valence electrons. The van der Waals surface area contributed by atoms with Crippen molar-refractivity contribution in [3.05, 3.63) is 36.2 Å². The van der Waals surface area contributed by atoms with E-state index in [-0.39, 0.29) is 5.92 Å². The fourth-order valence-corrected chi connectivity index (χ4v) is 1.87. The van der Waals surface area contributed by atoms with Crippen molar-refractivity contribution in [2.24, 2.45) is 5.84 Å². The molecule has 6 heteroatoms. The summed E-state index contributed by atoms with van der Waals surface area (Å²) in [6.45, 7) is 4.10. The summed E-state index contributed by atoms with van der Waals surface area (Å²) in [5, 5.41) is 3.30. The Labute approximate surface area is 125 Å². The van der Waals surface area contributed by atoms with Gasteiger partial charge in [0.15, 0.2) is 0 Å². The lowest BCUT2D eigenvalue weighted by molar-refractivity contribution is 0.777. The molecule has 0 unspecified atom stereocenters. The first kappa shape index (κ1) is 15.1. The van der Waals surface area contributed by atoms with Gasteiger partial charge >= 0.3 is 0 Å². The molecule has 21 heavy (non-hydrogen) atoms. The largest absolute Gasteiger partial charge is 0.378 e. The Kier molecular flexibility index (Phi) is 4.59. The highest BCUT2D eigenvalue weighted by atomic mass is 15.3. The third-order valence-corrected chi connectivity index (χ3v) is 3.04. The number of anilines is 4. The lowest BCUT2D eigenvalue weighted by atomic mass is 10.2. The average molecular weight is 286 g/mol. The molecule has 0 aliphatic rings. The maximum absolute atomic E-state index is 5.47. The number of nitrogens with zero attached hydrogens (tertiary/aromatic N) is 3. The zero-order valence-corrected chi connectivity index (χ0v) is 12.9. The third-order valence-electron chi connectivity index (χ3n) is 3.04. The molecule has 0 radical (unpaired) electrons. The van der Waals surface area contributed by atoms with Crippen LogP contribution < -0.4 is 21.5 Å². The summed E-state index contributed by atoms with van der Waals surface area (Å²) in [5.41, 5.74) is 4.67. The molecule has 0 aliphatic carbocycles. The second-order valence-corrected chi connectivity index (χ2v) is 5.37. The first-order valence-corrected chi connectivity index (χ1v) is 6.89. The van der Waals surface area contributed by atoms with Crippen LogP contribution in [-0.4, -0.2) is 24.1 Å². The normalized spacial score (nSPS) is 10.6. The van der Waals surface area contributed by atoms with Crippen LogP contribution in [0.5, 0.6) is 0 Å². The van der Waals surface area contributed by atoms with Crippen LogP contribution in [0.1, 0.15) is 25.6 Å². The van der Waals surface area contributed by atoms with E-state index in [1.165, 1.54) is 0 Å². The van der Waals surface area contributed by atoms with Crippen LogP contribution in [0.15, 0.2) is 30.3 Å². The summed E-state index contributed by atoms with van der Waals surface area (Å²) >= 11 is 0. The van der Waals surface area contributed by atoms with Crippen LogP contribution in [0.4, 0.5) is 23.0 Å². The van der Waals surface area contributed by atoms with Gasteiger partial charge in [0, 0.05) is 37.5 Å². The Morgan fingerprint density at radius 3 is 2.43 bits per heavy atom. The number of benzene rings is 1. The van der Waals surface area contributed by atoms with Gasteiger partial charge < -0.3 is 15.6 Å². The van der Waals surface area contributed by atoms with Crippen molar-refractivity contribution in [1.82, 2.24) is 9.97 Å². The van der Waals surface area contributed by atoms with Crippen molar-refractivity contribution in [1.29, 1.82) is 0 Å². The van der Waals surface area contributed by atoms with E-state index >= 15 is 0 Å². The molecule has 0 fully saturated rings. The van der Waals surface area contributed by atoms with Crippen molar-refractivity contribution in [3.63, 3.8) is 0 Å². The van der Waals surface area contributed by atoms with Gasteiger partial charge in [-0.15, -0.1) is 0 Å². The van der Waals surface area contributed by atoms with Crippen LogP contribution in [0.2, 0.25) is 0 Å². The molecule has 0 saturated heterocycles. The Morgan fingerprint density at radius 2 is 1.81 bits per heavy atom.